The Morgan fingerprint density at radius 3 is 1.95 bits per heavy atom. The van der Waals surface area contributed by atoms with Gasteiger partial charge in [-0.3, -0.25) is 4.57 Å². The van der Waals surface area contributed by atoms with E-state index in [0.717, 1.165) is 0 Å². The number of anilines is 1. The number of ether oxygens (including phenoxy) is 7. The average Bonchev–Trinajstić information content (AvgIpc) is 3.73. The Labute approximate surface area is 359 Å². The smallest absolute Gasteiger partial charge is 0.410 e. The van der Waals surface area contributed by atoms with Gasteiger partial charge in [-0.05, 0) is 110 Å². The van der Waals surface area contributed by atoms with Crippen molar-refractivity contribution in [1.29, 1.82) is 0 Å². The lowest BCUT2D eigenvalue weighted by Gasteiger charge is -2.33. The summed E-state index contributed by atoms with van der Waals surface area (Å²) in [5.74, 6) is -1.38. The summed E-state index contributed by atoms with van der Waals surface area (Å²) in [7, 11) is 1.59. The van der Waals surface area contributed by atoms with E-state index in [0.29, 0.717) is 24.1 Å². The molecule has 20 heteroatoms. The summed E-state index contributed by atoms with van der Waals surface area (Å²) in [4.78, 5) is 69.3. The molecule has 20 nitrogen and oxygen atoms in total. The van der Waals surface area contributed by atoms with Crippen LogP contribution in [0.2, 0.25) is 0 Å². The van der Waals surface area contributed by atoms with Crippen molar-refractivity contribution < 1.29 is 52.3 Å². The second kappa shape index (κ2) is 18.8. The number of fused-ring (bicyclic) bond motifs is 2. The number of alkyl carbamates (subject to hydrolysis) is 2. The first-order chi connectivity index (χ1) is 27.9. The number of likely N-dealkylation sites (N-methyl/N-ethyl adjacent to an activating group) is 1. The van der Waals surface area contributed by atoms with Crippen LogP contribution in [0.5, 0.6) is 0 Å². The van der Waals surface area contributed by atoms with Gasteiger partial charge in [0.25, 0.3) is 0 Å². The van der Waals surface area contributed by atoms with Gasteiger partial charge >= 0.3 is 24.2 Å². The van der Waals surface area contributed by atoms with Crippen LogP contribution in [0.15, 0.2) is 12.7 Å². The molecule has 6 atom stereocenters. The number of imidazole rings is 1. The Hall–Kier alpha value is -4.53. The minimum absolute atomic E-state index is 0.0826. The lowest BCUT2D eigenvalue weighted by molar-refractivity contribution is -0.198. The van der Waals surface area contributed by atoms with Crippen LogP contribution in [0.4, 0.5) is 20.2 Å². The number of nitrogen functional groups attached to an aromatic ring is 1. The lowest BCUT2D eigenvalue weighted by Crippen LogP contribution is -2.50. The summed E-state index contributed by atoms with van der Waals surface area (Å²) >= 11 is 0. The maximum absolute atomic E-state index is 13.6. The Kier molecular flexibility index (Phi) is 15.2. The van der Waals surface area contributed by atoms with Crippen LogP contribution in [0.3, 0.4) is 0 Å². The van der Waals surface area contributed by atoms with Crippen molar-refractivity contribution in [3.63, 3.8) is 0 Å². The zero-order chi connectivity index (χ0) is 45.9. The van der Waals surface area contributed by atoms with E-state index in [4.69, 9.17) is 38.9 Å². The molecule has 2 fully saturated rings. The van der Waals surface area contributed by atoms with Crippen molar-refractivity contribution in [2.45, 2.75) is 175 Å². The summed E-state index contributed by atoms with van der Waals surface area (Å²) in [6.45, 7) is 25.5. The van der Waals surface area contributed by atoms with Gasteiger partial charge in [-0.1, -0.05) is 0 Å². The van der Waals surface area contributed by atoms with E-state index >= 15 is 0 Å². The average molecular weight is 864 g/mol. The van der Waals surface area contributed by atoms with Crippen LogP contribution in [-0.2, 0) is 38.0 Å². The molecule has 2 aromatic rings. The number of rotatable bonds is 14. The van der Waals surface area contributed by atoms with E-state index in [-0.39, 0.29) is 31.9 Å². The Morgan fingerprint density at radius 2 is 1.36 bits per heavy atom. The van der Waals surface area contributed by atoms with Gasteiger partial charge in [0, 0.05) is 33.2 Å². The van der Waals surface area contributed by atoms with Crippen LogP contribution >= 0.6 is 0 Å². The zero-order valence-corrected chi connectivity index (χ0v) is 38.6. The maximum atomic E-state index is 13.6. The molecule has 4 N–H and O–H groups in total. The summed E-state index contributed by atoms with van der Waals surface area (Å²) < 4.78 is 43.8. The molecule has 0 aromatic carbocycles. The topological polar surface area (TPSA) is 233 Å². The zero-order valence-electron chi connectivity index (χ0n) is 38.6. The molecule has 2 aliphatic heterocycles. The van der Waals surface area contributed by atoms with E-state index in [1.165, 1.54) is 11.2 Å². The molecule has 0 unspecified atom stereocenters. The highest BCUT2D eigenvalue weighted by Crippen LogP contribution is 2.44. The number of amides is 3. The van der Waals surface area contributed by atoms with Crippen LogP contribution < -0.4 is 16.4 Å². The molecule has 0 saturated carbocycles. The van der Waals surface area contributed by atoms with Gasteiger partial charge in [-0.2, -0.15) is 0 Å². The summed E-state index contributed by atoms with van der Waals surface area (Å²) in [6.07, 6.45) is -1.12. The molecule has 0 spiro atoms. The van der Waals surface area contributed by atoms with Gasteiger partial charge in [0.05, 0.1) is 12.4 Å². The highest BCUT2D eigenvalue weighted by atomic mass is 16.8. The van der Waals surface area contributed by atoms with Gasteiger partial charge in [-0.25, -0.2) is 34.1 Å². The maximum Gasteiger partial charge on any atom is 0.410 e. The molecule has 2 aromatic heterocycles. The van der Waals surface area contributed by atoms with Gasteiger partial charge < -0.3 is 59.3 Å². The molecule has 3 amide bonds. The molecule has 344 valence electrons. The largest absolute Gasteiger partial charge is 0.458 e. The van der Waals surface area contributed by atoms with E-state index in [2.05, 4.69) is 25.6 Å². The van der Waals surface area contributed by atoms with Crippen molar-refractivity contribution >= 4 is 41.2 Å². The number of nitrogens with two attached hydrogens (primary N) is 1. The Balaban J connectivity index is 1.67. The van der Waals surface area contributed by atoms with E-state index in [1.54, 1.807) is 101 Å². The standard InChI is InChI=1S/C41H69N9O11/c1-37(2,3)58-33(51)25(47-35(53)60-39(7,8)9)17-19-49(18-16-24(46-34(52)59-38(4,5)6)20-48(15)36(54)61-40(10,11)12)21-26-28-29(57-41(13,14)56-28)32(55-26)50-23-45-27-30(42)43-22-44-31(27)50/h22-26,28-29,32H,16-21H2,1-15H3,(H,46,52)(H,47,53)(H2,42,43,44)/t24-,25+,26-,28-,29-,32-/m1/s1. The fourth-order valence-corrected chi connectivity index (χ4v) is 6.79. The van der Waals surface area contributed by atoms with Crippen molar-refractivity contribution in [3.8, 4) is 0 Å². The molecule has 0 aliphatic carbocycles. The van der Waals surface area contributed by atoms with E-state index in [1.807, 2.05) is 18.7 Å². The molecule has 2 aliphatic rings. The number of carbonyl (C=O) groups is 4. The van der Waals surface area contributed by atoms with Gasteiger partial charge in [0.15, 0.2) is 23.5 Å². The molecular weight excluding hydrogens is 795 g/mol. The highest BCUT2D eigenvalue weighted by molar-refractivity contribution is 5.82. The van der Waals surface area contributed by atoms with Crippen LogP contribution in [-0.4, -0.2) is 145 Å². The monoisotopic (exact) mass is 864 g/mol. The molecular formula is C41H69N9O11. The first-order valence-electron chi connectivity index (χ1n) is 20.7. The summed E-state index contributed by atoms with van der Waals surface area (Å²) in [5, 5.41) is 5.64. The van der Waals surface area contributed by atoms with Crippen LogP contribution in [0, 0.1) is 0 Å². The first kappa shape index (κ1) is 49.1. The van der Waals surface area contributed by atoms with Gasteiger partial charge in [-0.15, -0.1) is 0 Å². The Bertz CT molecular complexity index is 1840. The predicted molar refractivity (Wildman–Crippen MR) is 224 cm³/mol. The molecule has 4 rings (SSSR count). The fourth-order valence-electron chi connectivity index (χ4n) is 6.79. The minimum atomic E-state index is -1.09. The van der Waals surface area contributed by atoms with Gasteiger partial charge in [0.2, 0.25) is 0 Å². The third-order valence-electron chi connectivity index (χ3n) is 9.06. The van der Waals surface area contributed by atoms with E-state index < -0.39 is 89.1 Å². The van der Waals surface area contributed by atoms with Crippen molar-refractivity contribution in [2.75, 3.05) is 39.0 Å². The fraction of sp³-hybridized carbons (Fsp3) is 0.780. The number of aromatic nitrogens is 4. The number of carbonyl (C=O) groups excluding carboxylic acids is 4. The minimum Gasteiger partial charge on any atom is -0.458 e. The summed E-state index contributed by atoms with van der Waals surface area (Å²) in [5.41, 5.74) is 3.81. The predicted octanol–water partition coefficient (Wildman–Crippen LogP) is 4.90. The number of nitrogens with one attached hydrogen (secondary N) is 2. The lowest BCUT2D eigenvalue weighted by atomic mass is 10.1. The highest BCUT2D eigenvalue weighted by Gasteiger charge is 2.56. The third-order valence-corrected chi connectivity index (χ3v) is 9.06. The molecule has 61 heavy (non-hydrogen) atoms. The SMILES string of the molecule is CN(C[C@@H](CCN(CC[C@H](NC(=O)OC(C)(C)C)C(=O)OC(C)(C)C)C[C@H]1O[C@@H](n2cnc3c(N)ncnc32)[C@@H]2OC(C)(C)O[C@@H]21)NC(=O)OC(C)(C)C)C(=O)OC(C)(C)C. The van der Waals surface area contributed by atoms with Crippen molar-refractivity contribution in [1.82, 2.24) is 40.0 Å². The number of esters is 1. The number of nitrogens with zero attached hydrogens (tertiary/aromatic N) is 6. The van der Waals surface area contributed by atoms with Crippen molar-refractivity contribution in [2.24, 2.45) is 0 Å². The number of hydrogen-bond acceptors (Lipinski definition) is 16. The Morgan fingerprint density at radius 1 is 0.803 bits per heavy atom. The second-order valence-corrected chi connectivity index (χ2v) is 20.0. The second-order valence-electron chi connectivity index (χ2n) is 20.0. The summed E-state index contributed by atoms with van der Waals surface area (Å²) in [6, 6.07) is -1.71. The van der Waals surface area contributed by atoms with Crippen LogP contribution in [0.25, 0.3) is 11.2 Å². The van der Waals surface area contributed by atoms with Crippen LogP contribution in [0.1, 0.15) is 116 Å². The quantitative estimate of drug-likeness (QED) is 0.169. The molecule has 0 radical (unpaired) electrons. The molecule has 4 heterocycles. The molecule has 0 bridgehead atoms. The normalized spacial score (nSPS) is 21.4. The molecule has 2 saturated heterocycles. The van der Waals surface area contributed by atoms with E-state index in [9.17, 15) is 19.2 Å². The number of hydrogen-bond donors (Lipinski definition) is 3. The first-order valence-corrected chi connectivity index (χ1v) is 20.7. The van der Waals surface area contributed by atoms with Crippen molar-refractivity contribution in [3.05, 3.63) is 12.7 Å². The van der Waals surface area contributed by atoms with Gasteiger partial charge in [0.1, 0.15) is 58.6 Å². The third kappa shape index (κ3) is 15.1.